The summed E-state index contributed by atoms with van der Waals surface area (Å²) in [4.78, 5) is 18.2. The van der Waals surface area contributed by atoms with Crippen LogP contribution in [0.2, 0.25) is 0 Å². The van der Waals surface area contributed by atoms with Crippen LogP contribution in [0, 0.1) is 0 Å². The van der Waals surface area contributed by atoms with E-state index in [2.05, 4.69) is 40.4 Å². The Balaban J connectivity index is 1.34. The van der Waals surface area contributed by atoms with Crippen LogP contribution in [0.3, 0.4) is 0 Å². The molecule has 0 unspecified atom stereocenters. The summed E-state index contributed by atoms with van der Waals surface area (Å²) in [6.07, 6.45) is 4.60. The molecule has 2 aromatic carbocycles. The van der Waals surface area contributed by atoms with Crippen molar-refractivity contribution in [2.75, 3.05) is 13.1 Å². The van der Waals surface area contributed by atoms with Gasteiger partial charge < -0.3 is 10.0 Å². The molecule has 0 aliphatic carbocycles. The average molecular weight is 364 g/mol. The molecule has 2 atom stereocenters. The number of benzene rings is 2. The van der Waals surface area contributed by atoms with Crippen molar-refractivity contribution in [3.63, 3.8) is 0 Å². The Morgan fingerprint density at radius 2 is 2.04 bits per heavy atom. The first-order valence-electron chi connectivity index (χ1n) is 9.47. The Bertz CT molecular complexity index is 909. The maximum absolute atomic E-state index is 12.5. The number of aryl methyl sites for hydroxylation is 1. The topological polar surface area (TPSA) is 71.2 Å². The number of hydrogen-bond acceptors (Lipinski definition) is 4. The number of amides is 1. The van der Waals surface area contributed by atoms with Crippen molar-refractivity contribution >= 4 is 16.7 Å². The molecule has 1 saturated heterocycles. The molecule has 0 radical (unpaired) electrons. The molecule has 140 valence electrons. The molecule has 1 amide bonds. The molecule has 0 saturated carbocycles. The number of carbonyl (C=O) groups is 1. The van der Waals surface area contributed by atoms with E-state index in [4.69, 9.17) is 0 Å². The predicted molar refractivity (Wildman–Crippen MR) is 103 cm³/mol. The van der Waals surface area contributed by atoms with E-state index in [1.165, 1.54) is 17.1 Å². The van der Waals surface area contributed by atoms with Gasteiger partial charge in [0, 0.05) is 32.0 Å². The van der Waals surface area contributed by atoms with E-state index in [0.29, 0.717) is 26.1 Å². The van der Waals surface area contributed by atoms with Crippen molar-refractivity contribution in [1.29, 1.82) is 0 Å². The SMILES string of the molecule is O=C(CCCn1cncn1)N1CC[C@@H](c2ccc3ccccc3c2)[C@H](O)C1. The Kier molecular flexibility index (Phi) is 5.16. The van der Waals surface area contributed by atoms with Crippen LogP contribution in [0.25, 0.3) is 10.8 Å². The van der Waals surface area contributed by atoms with Crippen LogP contribution in [-0.2, 0) is 11.3 Å². The first kappa shape index (κ1) is 17.7. The van der Waals surface area contributed by atoms with Gasteiger partial charge in [0.05, 0.1) is 6.10 Å². The van der Waals surface area contributed by atoms with Gasteiger partial charge in [-0.2, -0.15) is 5.10 Å². The van der Waals surface area contributed by atoms with Crippen LogP contribution in [0.5, 0.6) is 0 Å². The minimum absolute atomic E-state index is 0.0776. The van der Waals surface area contributed by atoms with Gasteiger partial charge in [0.2, 0.25) is 5.91 Å². The van der Waals surface area contributed by atoms with Crippen molar-refractivity contribution < 1.29 is 9.90 Å². The van der Waals surface area contributed by atoms with Crippen LogP contribution < -0.4 is 0 Å². The standard InChI is InChI=1S/C21H24N4O2/c26-20-13-24(21(27)6-3-10-25-15-22-14-23-25)11-9-19(20)18-8-7-16-4-1-2-5-17(16)12-18/h1-2,4-5,7-8,12,14-15,19-20,26H,3,6,9-11,13H2/t19-,20+/m0/s1. The Morgan fingerprint density at radius 1 is 1.19 bits per heavy atom. The monoisotopic (exact) mass is 364 g/mol. The lowest BCUT2D eigenvalue weighted by Gasteiger charge is -2.36. The van der Waals surface area contributed by atoms with Gasteiger partial charge in [-0.05, 0) is 29.2 Å². The largest absolute Gasteiger partial charge is 0.391 e. The lowest BCUT2D eigenvalue weighted by molar-refractivity contribution is -0.134. The lowest BCUT2D eigenvalue weighted by Crippen LogP contribution is -2.45. The van der Waals surface area contributed by atoms with E-state index in [1.807, 2.05) is 12.1 Å². The third kappa shape index (κ3) is 4.01. The van der Waals surface area contributed by atoms with Gasteiger partial charge in [0.25, 0.3) is 0 Å². The van der Waals surface area contributed by atoms with Gasteiger partial charge in [-0.15, -0.1) is 0 Å². The van der Waals surface area contributed by atoms with Gasteiger partial charge in [-0.25, -0.2) is 4.98 Å². The number of β-amino-alcohol motifs (C(OH)–C–C–N with tert-alkyl or cyclic N) is 1. The molecule has 1 aliphatic heterocycles. The zero-order valence-corrected chi connectivity index (χ0v) is 15.2. The quantitative estimate of drug-likeness (QED) is 0.755. The molecule has 6 nitrogen and oxygen atoms in total. The molecule has 1 N–H and O–H groups in total. The second kappa shape index (κ2) is 7.88. The van der Waals surface area contributed by atoms with Gasteiger partial charge in [0.15, 0.2) is 0 Å². The maximum atomic E-state index is 12.5. The Morgan fingerprint density at radius 3 is 2.81 bits per heavy atom. The van der Waals surface area contributed by atoms with Crippen molar-refractivity contribution in [1.82, 2.24) is 19.7 Å². The molecule has 1 aromatic heterocycles. The van der Waals surface area contributed by atoms with Gasteiger partial charge >= 0.3 is 0 Å². The number of rotatable bonds is 5. The number of aliphatic hydroxyl groups excluding tert-OH is 1. The normalized spacial score (nSPS) is 20.1. The molecular weight excluding hydrogens is 340 g/mol. The molecule has 3 aromatic rings. The third-order valence-electron chi connectivity index (χ3n) is 5.38. The highest BCUT2D eigenvalue weighted by Gasteiger charge is 2.30. The highest BCUT2D eigenvalue weighted by atomic mass is 16.3. The van der Waals surface area contributed by atoms with Crippen molar-refractivity contribution in [3.8, 4) is 0 Å². The molecular formula is C21H24N4O2. The number of hydrogen-bond donors (Lipinski definition) is 1. The van der Waals surface area contributed by atoms with E-state index in [9.17, 15) is 9.90 Å². The van der Waals surface area contributed by atoms with Crippen molar-refractivity contribution in [3.05, 3.63) is 60.7 Å². The zero-order chi connectivity index (χ0) is 18.6. The van der Waals surface area contributed by atoms with Gasteiger partial charge in [0.1, 0.15) is 12.7 Å². The number of likely N-dealkylation sites (tertiary alicyclic amines) is 1. The van der Waals surface area contributed by atoms with Crippen LogP contribution in [0.1, 0.15) is 30.7 Å². The van der Waals surface area contributed by atoms with Crippen molar-refractivity contribution in [2.45, 2.75) is 37.8 Å². The summed E-state index contributed by atoms with van der Waals surface area (Å²) >= 11 is 0. The summed E-state index contributed by atoms with van der Waals surface area (Å²) in [6, 6.07) is 14.6. The third-order valence-corrected chi connectivity index (χ3v) is 5.38. The zero-order valence-electron chi connectivity index (χ0n) is 15.2. The molecule has 0 bridgehead atoms. The summed E-state index contributed by atoms with van der Waals surface area (Å²) in [5.74, 6) is 0.180. The molecule has 1 aliphatic rings. The number of piperidine rings is 1. The number of aliphatic hydroxyl groups is 1. The lowest BCUT2D eigenvalue weighted by atomic mass is 9.86. The summed E-state index contributed by atoms with van der Waals surface area (Å²) in [5.41, 5.74) is 1.15. The Labute approximate surface area is 158 Å². The van der Waals surface area contributed by atoms with Crippen LogP contribution in [0.4, 0.5) is 0 Å². The summed E-state index contributed by atoms with van der Waals surface area (Å²) in [7, 11) is 0. The summed E-state index contributed by atoms with van der Waals surface area (Å²) in [5, 5.41) is 17.1. The summed E-state index contributed by atoms with van der Waals surface area (Å²) < 4.78 is 1.73. The van der Waals surface area contributed by atoms with E-state index in [1.54, 1.807) is 15.9 Å². The van der Waals surface area contributed by atoms with Crippen molar-refractivity contribution in [2.24, 2.45) is 0 Å². The van der Waals surface area contributed by atoms with Gasteiger partial charge in [-0.3, -0.25) is 9.48 Å². The first-order chi connectivity index (χ1) is 13.2. The van der Waals surface area contributed by atoms with Gasteiger partial charge in [-0.1, -0.05) is 42.5 Å². The minimum atomic E-state index is -0.529. The fourth-order valence-electron chi connectivity index (χ4n) is 3.88. The van der Waals surface area contributed by atoms with E-state index in [-0.39, 0.29) is 11.8 Å². The molecule has 2 heterocycles. The fraction of sp³-hybridized carbons (Fsp3) is 0.381. The van der Waals surface area contributed by atoms with Crippen LogP contribution in [0.15, 0.2) is 55.1 Å². The minimum Gasteiger partial charge on any atom is -0.391 e. The maximum Gasteiger partial charge on any atom is 0.222 e. The number of aromatic nitrogens is 3. The molecule has 4 rings (SSSR count). The number of carbonyl (C=O) groups excluding carboxylic acids is 1. The molecule has 0 spiro atoms. The van der Waals surface area contributed by atoms with E-state index in [0.717, 1.165) is 18.4 Å². The second-order valence-electron chi connectivity index (χ2n) is 7.17. The van der Waals surface area contributed by atoms with Crippen LogP contribution in [-0.4, -0.2) is 49.9 Å². The number of fused-ring (bicyclic) bond motifs is 1. The second-order valence-corrected chi connectivity index (χ2v) is 7.17. The Hall–Kier alpha value is -2.73. The predicted octanol–water partition coefficient (Wildman–Crippen LogP) is 2.59. The smallest absolute Gasteiger partial charge is 0.222 e. The highest BCUT2D eigenvalue weighted by molar-refractivity contribution is 5.83. The summed E-state index contributed by atoms with van der Waals surface area (Å²) in [6.45, 7) is 1.78. The van der Waals surface area contributed by atoms with E-state index < -0.39 is 6.10 Å². The first-order valence-corrected chi connectivity index (χ1v) is 9.47. The average Bonchev–Trinajstić information content (AvgIpc) is 3.21. The number of nitrogens with zero attached hydrogens (tertiary/aromatic N) is 4. The molecule has 1 fully saturated rings. The molecule has 6 heteroatoms. The highest BCUT2D eigenvalue weighted by Crippen LogP contribution is 2.31. The molecule has 27 heavy (non-hydrogen) atoms. The fourth-order valence-corrected chi connectivity index (χ4v) is 3.88. The van der Waals surface area contributed by atoms with E-state index >= 15 is 0 Å². The van der Waals surface area contributed by atoms with Crippen LogP contribution >= 0.6 is 0 Å².